The maximum atomic E-state index is 14.0. The maximum absolute atomic E-state index is 14.0. The number of carboxylic acid groups (broad SMARTS) is 1. The van der Waals surface area contributed by atoms with Crippen LogP contribution >= 0.6 is 0 Å². The Balaban J connectivity index is 2.20. The Bertz CT molecular complexity index is 262. The van der Waals surface area contributed by atoms with Gasteiger partial charge in [-0.2, -0.15) is 0 Å². The fourth-order valence-electron chi connectivity index (χ4n) is 2.92. The van der Waals surface area contributed by atoms with Gasteiger partial charge in [0, 0.05) is 12.1 Å². The van der Waals surface area contributed by atoms with E-state index in [0.29, 0.717) is 12.8 Å². The van der Waals surface area contributed by atoms with Gasteiger partial charge in [-0.25, -0.2) is 9.18 Å². The van der Waals surface area contributed by atoms with Crippen molar-refractivity contribution in [3.05, 3.63) is 0 Å². The van der Waals surface area contributed by atoms with E-state index in [0.717, 1.165) is 12.8 Å². The molecular formula is C10H17FN2O2. The topological polar surface area (TPSA) is 52.6 Å². The Morgan fingerprint density at radius 3 is 2.87 bits per heavy atom. The highest BCUT2D eigenvalue weighted by atomic mass is 19.1. The van der Waals surface area contributed by atoms with Crippen LogP contribution in [0.3, 0.4) is 0 Å². The molecule has 0 aromatic rings. The standard InChI is InChI=1S/C10H17FN2O2/c1-12-7-5-6-3-2-4-8(9(7)11)13(6)10(14)15/h6-9,12H,2-5H2,1H3,(H,14,15). The van der Waals surface area contributed by atoms with Crippen LogP contribution in [0.15, 0.2) is 0 Å². The van der Waals surface area contributed by atoms with Crippen molar-refractivity contribution in [2.75, 3.05) is 7.05 Å². The normalized spacial score (nSPS) is 40.3. The summed E-state index contributed by atoms with van der Waals surface area (Å²) in [7, 11) is 1.74. The molecule has 1 amide bonds. The lowest BCUT2D eigenvalue weighted by molar-refractivity contribution is -0.0179. The molecule has 15 heavy (non-hydrogen) atoms. The quantitative estimate of drug-likeness (QED) is 0.693. The Labute approximate surface area is 88.4 Å². The SMILES string of the molecule is CNC1CC2CCCC(C1F)N2C(=O)O. The molecular weight excluding hydrogens is 199 g/mol. The Hall–Kier alpha value is -0.840. The Kier molecular flexibility index (Phi) is 2.82. The first-order valence-electron chi connectivity index (χ1n) is 5.47. The lowest BCUT2D eigenvalue weighted by Gasteiger charge is -2.49. The van der Waals surface area contributed by atoms with Crippen molar-refractivity contribution in [3.8, 4) is 0 Å². The molecule has 0 saturated carbocycles. The number of nitrogens with one attached hydrogen (secondary N) is 1. The van der Waals surface area contributed by atoms with Gasteiger partial charge in [-0.15, -0.1) is 0 Å². The number of rotatable bonds is 1. The average Bonchev–Trinajstić information content (AvgIpc) is 2.22. The number of carbonyl (C=O) groups is 1. The molecule has 0 aromatic heterocycles. The highest BCUT2D eigenvalue weighted by Gasteiger charge is 2.47. The number of hydrogen-bond donors (Lipinski definition) is 2. The van der Waals surface area contributed by atoms with Gasteiger partial charge in [-0.1, -0.05) is 0 Å². The van der Waals surface area contributed by atoms with Gasteiger partial charge in [0.15, 0.2) is 0 Å². The monoisotopic (exact) mass is 216 g/mol. The molecule has 0 aromatic carbocycles. The van der Waals surface area contributed by atoms with Crippen molar-refractivity contribution >= 4 is 6.09 Å². The first-order valence-corrected chi connectivity index (χ1v) is 5.47. The summed E-state index contributed by atoms with van der Waals surface area (Å²) in [6.45, 7) is 0. The molecule has 86 valence electrons. The van der Waals surface area contributed by atoms with Crippen molar-refractivity contribution in [2.45, 2.75) is 50.0 Å². The van der Waals surface area contributed by atoms with E-state index in [1.54, 1.807) is 7.05 Å². The molecule has 2 bridgehead atoms. The number of piperidine rings is 2. The zero-order valence-electron chi connectivity index (χ0n) is 8.82. The van der Waals surface area contributed by atoms with Crippen molar-refractivity contribution in [1.82, 2.24) is 10.2 Å². The summed E-state index contributed by atoms with van der Waals surface area (Å²) >= 11 is 0. The fourth-order valence-corrected chi connectivity index (χ4v) is 2.92. The predicted molar refractivity (Wildman–Crippen MR) is 53.7 cm³/mol. The van der Waals surface area contributed by atoms with Crippen molar-refractivity contribution < 1.29 is 14.3 Å². The van der Waals surface area contributed by atoms with Crippen molar-refractivity contribution in [1.29, 1.82) is 0 Å². The second kappa shape index (κ2) is 3.96. The van der Waals surface area contributed by atoms with Gasteiger partial charge in [0.1, 0.15) is 6.17 Å². The zero-order valence-corrected chi connectivity index (χ0v) is 8.82. The largest absolute Gasteiger partial charge is 0.465 e. The van der Waals surface area contributed by atoms with Crippen LogP contribution in [0.2, 0.25) is 0 Å². The van der Waals surface area contributed by atoms with E-state index >= 15 is 0 Å². The summed E-state index contributed by atoms with van der Waals surface area (Å²) in [5.74, 6) is 0. The molecule has 2 fully saturated rings. The van der Waals surface area contributed by atoms with Crippen LogP contribution in [0.4, 0.5) is 9.18 Å². The predicted octanol–water partition coefficient (Wildman–Crippen LogP) is 1.22. The van der Waals surface area contributed by atoms with E-state index in [2.05, 4.69) is 5.32 Å². The number of amides is 1. The van der Waals surface area contributed by atoms with Crippen LogP contribution in [0.5, 0.6) is 0 Å². The van der Waals surface area contributed by atoms with Crippen LogP contribution in [-0.4, -0.2) is 47.4 Å². The molecule has 2 aliphatic heterocycles. The van der Waals surface area contributed by atoms with E-state index < -0.39 is 18.3 Å². The summed E-state index contributed by atoms with van der Waals surface area (Å²) in [5, 5.41) is 12.0. The van der Waals surface area contributed by atoms with Gasteiger partial charge < -0.3 is 10.4 Å². The van der Waals surface area contributed by atoms with Crippen LogP contribution in [0.1, 0.15) is 25.7 Å². The van der Waals surface area contributed by atoms with Crippen molar-refractivity contribution in [2.24, 2.45) is 0 Å². The fraction of sp³-hybridized carbons (Fsp3) is 0.900. The van der Waals surface area contributed by atoms with E-state index in [4.69, 9.17) is 5.11 Å². The third kappa shape index (κ3) is 1.69. The third-order valence-corrected chi connectivity index (χ3v) is 3.66. The molecule has 4 unspecified atom stereocenters. The van der Waals surface area contributed by atoms with Gasteiger partial charge in [0.05, 0.1) is 6.04 Å². The average molecular weight is 216 g/mol. The number of halogens is 1. The van der Waals surface area contributed by atoms with E-state index in [-0.39, 0.29) is 12.1 Å². The molecule has 2 N–H and O–H groups in total. The van der Waals surface area contributed by atoms with Gasteiger partial charge in [0.2, 0.25) is 0 Å². The third-order valence-electron chi connectivity index (χ3n) is 3.66. The molecule has 4 nitrogen and oxygen atoms in total. The van der Waals surface area contributed by atoms with Crippen molar-refractivity contribution in [3.63, 3.8) is 0 Å². The molecule has 5 heteroatoms. The summed E-state index contributed by atoms with van der Waals surface area (Å²) in [6, 6.07) is -0.617. The molecule has 0 radical (unpaired) electrons. The second-order valence-electron chi connectivity index (χ2n) is 4.42. The van der Waals surface area contributed by atoms with E-state index in [1.165, 1.54) is 4.90 Å². The molecule has 0 aliphatic carbocycles. The van der Waals surface area contributed by atoms with Gasteiger partial charge in [-0.05, 0) is 32.7 Å². The Morgan fingerprint density at radius 1 is 1.53 bits per heavy atom. The summed E-state index contributed by atoms with van der Waals surface area (Å²) in [6.07, 6.45) is 1.02. The van der Waals surface area contributed by atoms with Crippen LogP contribution < -0.4 is 5.32 Å². The highest BCUT2D eigenvalue weighted by Crippen LogP contribution is 2.35. The number of nitrogens with zero attached hydrogens (tertiary/aromatic N) is 1. The van der Waals surface area contributed by atoms with Crippen LogP contribution in [-0.2, 0) is 0 Å². The Morgan fingerprint density at radius 2 is 2.27 bits per heavy atom. The van der Waals surface area contributed by atoms with Gasteiger partial charge in [-0.3, -0.25) is 4.90 Å². The highest BCUT2D eigenvalue weighted by molar-refractivity contribution is 5.66. The summed E-state index contributed by atoms with van der Waals surface area (Å²) in [4.78, 5) is 12.4. The van der Waals surface area contributed by atoms with Gasteiger partial charge >= 0.3 is 6.09 Å². The molecule has 2 saturated heterocycles. The first kappa shape index (κ1) is 10.7. The minimum Gasteiger partial charge on any atom is -0.465 e. The first-order chi connectivity index (χ1) is 7.15. The number of hydrogen-bond acceptors (Lipinski definition) is 2. The lowest BCUT2D eigenvalue weighted by Crippen LogP contribution is -2.63. The van der Waals surface area contributed by atoms with E-state index in [1.807, 2.05) is 0 Å². The number of fused-ring (bicyclic) bond motifs is 2. The minimum absolute atomic E-state index is 0.00528. The number of alkyl halides is 1. The lowest BCUT2D eigenvalue weighted by atomic mass is 9.81. The van der Waals surface area contributed by atoms with Gasteiger partial charge in [0.25, 0.3) is 0 Å². The summed E-state index contributed by atoms with van der Waals surface area (Å²) < 4.78 is 14.0. The molecule has 4 atom stereocenters. The van der Waals surface area contributed by atoms with E-state index in [9.17, 15) is 9.18 Å². The smallest absolute Gasteiger partial charge is 0.407 e. The summed E-state index contributed by atoms with van der Waals surface area (Å²) in [5.41, 5.74) is 0. The molecule has 2 rings (SSSR count). The zero-order chi connectivity index (χ0) is 11.0. The molecule has 2 heterocycles. The molecule has 0 spiro atoms. The maximum Gasteiger partial charge on any atom is 0.407 e. The second-order valence-corrected chi connectivity index (χ2v) is 4.42. The molecule has 2 aliphatic rings. The van der Waals surface area contributed by atoms with Crippen LogP contribution in [0, 0.1) is 0 Å². The minimum atomic E-state index is -1.07. The van der Waals surface area contributed by atoms with Crippen LogP contribution in [0.25, 0.3) is 0 Å².